The van der Waals surface area contributed by atoms with Crippen molar-refractivity contribution in [2.45, 2.75) is 13.8 Å². The molecule has 31 heavy (non-hydrogen) atoms. The second-order valence-electron chi connectivity index (χ2n) is 7.77. The van der Waals surface area contributed by atoms with Gasteiger partial charge in [-0.2, -0.15) is 0 Å². The first kappa shape index (κ1) is 22.1. The Labute approximate surface area is 182 Å². The van der Waals surface area contributed by atoms with Gasteiger partial charge in [0.05, 0.1) is 6.61 Å². The molecule has 1 saturated heterocycles. The van der Waals surface area contributed by atoms with Gasteiger partial charge in [-0.05, 0) is 42.3 Å². The van der Waals surface area contributed by atoms with Crippen LogP contribution in [0.2, 0.25) is 0 Å². The number of carbonyl (C=O) groups excluding carboxylic acids is 3. The molecule has 0 atom stereocenters. The lowest BCUT2D eigenvalue weighted by Gasteiger charge is -2.34. The second kappa shape index (κ2) is 10.5. The Morgan fingerprint density at radius 1 is 0.839 bits per heavy atom. The van der Waals surface area contributed by atoms with E-state index in [9.17, 15) is 14.4 Å². The van der Waals surface area contributed by atoms with Crippen LogP contribution in [-0.4, -0.2) is 60.6 Å². The van der Waals surface area contributed by atoms with Crippen LogP contribution in [0.3, 0.4) is 0 Å². The number of anilines is 2. The summed E-state index contributed by atoms with van der Waals surface area (Å²) in [6, 6.07) is 15.5. The van der Waals surface area contributed by atoms with Gasteiger partial charge in [0, 0.05) is 43.1 Å². The molecule has 3 rings (SSSR count). The molecule has 1 heterocycles. The number of hydrogen-bond acceptors (Lipinski definition) is 4. The molecule has 0 saturated carbocycles. The summed E-state index contributed by atoms with van der Waals surface area (Å²) in [5.41, 5.74) is 1.81. The minimum Gasteiger partial charge on any atom is -0.449 e. The molecule has 0 aliphatic carbocycles. The minimum atomic E-state index is -0.356. The Hall–Kier alpha value is -3.55. The van der Waals surface area contributed by atoms with Crippen LogP contribution in [0.15, 0.2) is 54.6 Å². The molecule has 8 nitrogen and oxygen atoms in total. The SMILES string of the molecule is CC(C)COC(=O)N1CCN(C(=O)c2ccc(NC(=O)Nc3ccccc3)cc2)CC1. The zero-order valence-corrected chi connectivity index (χ0v) is 17.8. The molecular formula is C23H28N4O4. The molecule has 164 valence electrons. The fourth-order valence-corrected chi connectivity index (χ4v) is 3.11. The largest absolute Gasteiger partial charge is 0.449 e. The van der Waals surface area contributed by atoms with Crippen molar-refractivity contribution in [3.63, 3.8) is 0 Å². The zero-order valence-electron chi connectivity index (χ0n) is 17.8. The van der Waals surface area contributed by atoms with Crippen molar-refractivity contribution >= 4 is 29.4 Å². The van der Waals surface area contributed by atoms with E-state index in [0.717, 1.165) is 0 Å². The van der Waals surface area contributed by atoms with Gasteiger partial charge in [-0.1, -0.05) is 32.0 Å². The highest BCUT2D eigenvalue weighted by atomic mass is 16.6. The molecule has 0 unspecified atom stereocenters. The second-order valence-corrected chi connectivity index (χ2v) is 7.77. The van der Waals surface area contributed by atoms with Crippen molar-refractivity contribution in [3.05, 3.63) is 60.2 Å². The van der Waals surface area contributed by atoms with Crippen LogP contribution in [0, 0.1) is 5.92 Å². The van der Waals surface area contributed by atoms with Gasteiger partial charge in [-0.25, -0.2) is 9.59 Å². The average Bonchev–Trinajstić information content (AvgIpc) is 2.78. The molecule has 4 amide bonds. The maximum absolute atomic E-state index is 12.8. The molecule has 8 heteroatoms. The highest BCUT2D eigenvalue weighted by Gasteiger charge is 2.25. The molecule has 0 radical (unpaired) electrons. The van der Waals surface area contributed by atoms with E-state index in [4.69, 9.17) is 4.74 Å². The van der Waals surface area contributed by atoms with E-state index in [1.165, 1.54) is 0 Å². The molecule has 2 aromatic rings. The number of amides is 4. The zero-order chi connectivity index (χ0) is 22.2. The number of piperazine rings is 1. The van der Waals surface area contributed by atoms with Gasteiger partial charge in [0.1, 0.15) is 0 Å². The van der Waals surface area contributed by atoms with Crippen LogP contribution in [0.4, 0.5) is 21.0 Å². The van der Waals surface area contributed by atoms with Crippen LogP contribution in [0.5, 0.6) is 0 Å². The van der Waals surface area contributed by atoms with Gasteiger partial charge >= 0.3 is 12.1 Å². The van der Waals surface area contributed by atoms with Crippen LogP contribution < -0.4 is 10.6 Å². The number of rotatable bonds is 5. The lowest BCUT2D eigenvalue weighted by Crippen LogP contribution is -2.50. The van der Waals surface area contributed by atoms with E-state index in [1.54, 1.807) is 46.2 Å². The topological polar surface area (TPSA) is 91.0 Å². The van der Waals surface area contributed by atoms with Gasteiger partial charge < -0.3 is 25.2 Å². The number of para-hydroxylation sites is 1. The van der Waals surface area contributed by atoms with E-state index < -0.39 is 0 Å². The van der Waals surface area contributed by atoms with Crippen LogP contribution >= 0.6 is 0 Å². The summed E-state index contributed by atoms with van der Waals surface area (Å²) >= 11 is 0. The normalized spacial score (nSPS) is 13.6. The Morgan fingerprint density at radius 3 is 1.97 bits per heavy atom. The first-order valence-corrected chi connectivity index (χ1v) is 10.4. The average molecular weight is 425 g/mol. The molecular weight excluding hydrogens is 396 g/mol. The van der Waals surface area contributed by atoms with Crippen LogP contribution in [0.25, 0.3) is 0 Å². The number of carbonyl (C=O) groups is 3. The van der Waals surface area contributed by atoms with Crippen LogP contribution in [0.1, 0.15) is 24.2 Å². The van der Waals surface area contributed by atoms with E-state index in [-0.39, 0.29) is 23.9 Å². The fraction of sp³-hybridized carbons (Fsp3) is 0.348. The quantitative estimate of drug-likeness (QED) is 0.762. The Kier molecular flexibility index (Phi) is 7.48. The molecule has 1 aliphatic rings. The monoisotopic (exact) mass is 424 g/mol. The molecule has 2 aromatic carbocycles. The maximum atomic E-state index is 12.8. The standard InChI is InChI=1S/C23H28N4O4/c1-17(2)16-31-23(30)27-14-12-26(13-15-27)21(28)18-8-10-20(11-9-18)25-22(29)24-19-6-4-3-5-7-19/h3-11,17H,12-16H2,1-2H3,(H2,24,25,29). The molecule has 1 fully saturated rings. The fourth-order valence-electron chi connectivity index (χ4n) is 3.11. The van der Waals surface area contributed by atoms with Crippen molar-refractivity contribution in [2.75, 3.05) is 43.4 Å². The van der Waals surface area contributed by atoms with Gasteiger partial charge in [0.15, 0.2) is 0 Å². The number of nitrogens with one attached hydrogen (secondary N) is 2. The lowest BCUT2D eigenvalue weighted by molar-refractivity contribution is 0.0535. The Balaban J connectivity index is 1.48. The summed E-state index contributed by atoms with van der Waals surface area (Å²) in [5, 5.41) is 5.48. The number of nitrogens with zero attached hydrogens (tertiary/aromatic N) is 2. The Morgan fingerprint density at radius 2 is 1.39 bits per heavy atom. The highest BCUT2D eigenvalue weighted by molar-refractivity contribution is 6.00. The predicted octanol–water partition coefficient (Wildman–Crippen LogP) is 3.88. The first-order chi connectivity index (χ1) is 14.9. The molecule has 2 N–H and O–H groups in total. The van der Waals surface area contributed by atoms with Gasteiger partial charge in [0.2, 0.25) is 0 Å². The van der Waals surface area contributed by atoms with Crippen molar-refractivity contribution in [3.8, 4) is 0 Å². The molecule has 0 bridgehead atoms. The number of urea groups is 1. The summed E-state index contributed by atoms with van der Waals surface area (Å²) in [7, 11) is 0. The number of hydrogen-bond donors (Lipinski definition) is 2. The summed E-state index contributed by atoms with van der Waals surface area (Å²) < 4.78 is 5.25. The third kappa shape index (κ3) is 6.47. The van der Waals surface area contributed by atoms with Gasteiger partial charge in [0.25, 0.3) is 5.91 Å². The summed E-state index contributed by atoms with van der Waals surface area (Å²) in [6.45, 7) is 6.16. The summed E-state index contributed by atoms with van der Waals surface area (Å²) in [4.78, 5) is 40.2. The predicted molar refractivity (Wildman–Crippen MR) is 119 cm³/mol. The summed E-state index contributed by atoms with van der Waals surface area (Å²) in [5.74, 6) is 0.184. The minimum absolute atomic E-state index is 0.101. The third-order valence-electron chi connectivity index (χ3n) is 4.79. The van der Waals surface area contributed by atoms with Crippen molar-refractivity contribution in [2.24, 2.45) is 5.92 Å². The first-order valence-electron chi connectivity index (χ1n) is 10.4. The maximum Gasteiger partial charge on any atom is 0.409 e. The lowest BCUT2D eigenvalue weighted by atomic mass is 10.1. The van der Waals surface area contributed by atoms with Crippen LogP contribution in [-0.2, 0) is 4.74 Å². The molecule has 0 spiro atoms. The van der Waals surface area contributed by atoms with Crippen molar-refractivity contribution < 1.29 is 19.1 Å². The van der Waals surface area contributed by atoms with E-state index in [0.29, 0.717) is 49.7 Å². The van der Waals surface area contributed by atoms with Crippen molar-refractivity contribution in [1.29, 1.82) is 0 Å². The smallest absolute Gasteiger partial charge is 0.409 e. The van der Waals surface area contributed by atoms with Gasteiger partial charge in [-0.3, -0.25) is 4.79 Å². The van der Waals surface area contributed by atoms with E-state index in [2.05, 4.69) is 10.6 Å². The molecule has 0 aromatic heterocycles. The highest BCUT2D eigenvalue weighted by Crippen LogP contribution is 2.14. The number of benzene rings is 2. The van der Waals surface area contributed by atoms with E-state index >= 15 is 0 Å². The third-order valence-corrected chi connectivity index (χ3v) is 4.79. The van der Waals surface area contributed by atoms with Crippen molar-refractivity contribution in [1.82, 2.24) is 9.80 Å². The summed E-state index contributed by atoms with van der Waals surface area (Å²) in [6.07, 6.45) is -0.329. The molecule has 1 aliphatic heterocycles. The van der Waals surface area contributed by atoms with E-state index in [1.807, 2.05) is 32.0 Å². The Bertz CT molecular complexity index is 892. The number of ether oxygens (including phenoxy) is 1. The van der Waals surface area contributed by atoms with Gasteiger partial charge in [-0.15, -0.1) is 0 Å².